The van der Waals surface area contributed by atoms with Gasteiger partial charge in [0.25, 0.3) is 11.5 Å². The first-order valence-electron chi connectivity index (χ1n) is 9.85. The molecule has 1 aromatic carbocycles. The third kappa shape index (κ3) is 3.98. The lowest BCUT2D eigenvalue weighted by molar-refractivity contribution is -0.122. The molecule has 1 atom stereocenters. The van der Waals surface area contributed by atoms with Crippen LogP contribution < -0.4 is 10.9 Å². The van der Waals surface area contributed by atoms with Gasteiger partial charge in [0.2, 0.25) is 5.91 Å². The van der Waals surface area contributed by atoms with Crippen molar-refractivity contribution in [2.24, 2.45) is 5.92 Å². The Kier molecular flexibility index (Phi) is 5.23. The van der Waals surface area contributed by atoms with Gasteiger partial charge >= 0.3 is 0 Å². The van der Waals surface area contributed by atoms with E-state index in [9.17, 15) is 14.4 Å². The Morgan fingerprint density at radius 3 is 2.57 bits per heavy atom. The van der Waals surface area contributed by atoms with Crippen LogP contribution in [-0.4, -0.2) is 39.8 Å². The molecule has 2 amide bonds. The average Bonchev–Trinajstić information content (AvgIpc) is 2.67. The van der Waals surface area contributed by atoms with Gasteiger partial charge in [0.1, 0.15) is 0 Å². The highest BCUT2D eigenvalue weighted by molar-refractivity contribution is 5.96. The number of rotatable bonds is 4. The molecule has 4 rings (SSSR count). The molecule has 2 fully saturated rings. The van der Waals surface area contributed by atoms with E-state index >= 15 is 0 Å². The number of carbonyl (C=O) groups excluding carboxylic acids is 2. The molecule has 0 unspecified atom stereocenters. The van der Waals surface area contributed by atoms with Crippen molar-refractivity contribution in [1.29, 1.82) is 0 Å². The highest BCUT2D eigenvalue weighted by Gasteiger charge is 2.27. The van der Waals surface area contributed by atoms with Crippen molar-refractivity contribution in [3.63, 3.8) is 0 Å². The minimum Gasteiger partial charge on any atom is -0.338 e. The first-order chi connectivity index (χ1) is 13.6. The molecule has 146 valence electrons. The molecule has 1 aliphatic heterocycles. The van der Waals surface area contributed by atoms with E-state index in [1.54, 1.807) is 24.3 Å². The Morgan fingerprint density at radius 2 is 1.89 bits per heavy atom. The van der Waals surface area contributed by atoms with Crippen molar-refractivity contribution in [3.05, 3.63) is 58.3 Å². The van der Waals surface area contributed by atoms with E-state index in [-0.39, 0.29) is 29.2 Å². The van der Waals surface area contributed by atoms with Crippen LogP contribution in [0.15, 0.2) is 41.5 Å². The Balaban J connectivity index is 1.40. The highest BCUT2D eigenvalue weighted by atomic mass is 16.2. The largest absolute Gasteiger partial charge is 0.338 e. The summed E-state index contributed by atoms with van der Waals surface area (Å²) in [5.41, 5.74) is 1.88. The quantitative estimate of drug-likeness (QED) is 0.852. The molecule has 7 nitrogen and oxygen atoms in total. The molecule has 1 saturated carbocycles. The van der Waals surface area contributed by atoms with Gasteiger partial charge in [-0.2, -0.15) is 0 Å². The van der Waals surface area contributed by atoms with Gasteiger partial charge in [-0.25, -0.2) is 4.98 Å². The summed E-state index contributed by atoms with van der Waals surface area (Å²) in [7, 11) is 0. The normalized spacial score (nSPS) is 19.7. The first kappa shape index (κ1) is 18.4. The molecular formula is C21H24N4O3. The minimum absolute atomic E-state index is 0.0357. The summed E-state index contributed by atoms with van der Waals surface area (Å²) in [6.07, 6.45) is 6.23. The van der Waals surface area contributed by atoms with E-state index in [0.29, 0.717) is 18.7 Å². The van der Waals surface area contributed by atoms with Gasteiger partial charge in [-0.15, -0.1) is 0 Å². The predicted octanol–water partition coefficient (Wildman–Crippen LogP) is 2.53. The number of nitrogens with zero attached hydrogens (tertiary/aromatic N) is 2. The Bertz CT molecular complexity index is 918. The number of aromatic nitrogens is 2. The fraction of sp³-hybridized carbons (Fsp3) is 0.429. The maximum atomic E-state index is 12.9. The van der Waals surface area contributed by atoms with Crippen molar-refractivity contribution < 1.29 is 9.59 Å². The molecule has 0 bridgehead atoms. The molecule has 1 aromatic heterocycles. The third-order valence-corrected chi connectivity index (χ3v) is 5.70. The zero-order valence-electron chi connectivity index (χ0n) is 15.7. The third-order valence-electron chi connectivity index (χ3n) is 5.70. The van der Waals surface area contributed by atoms with Crippen LogP contribution in [0.1, 0.15) is 54.1 Å². The average molecular weight is 380 g/mol. The number of hydrogen-bond acceptors (Lipinski definition) is 4. The Morgan fingerprint density at radius 1 is 1.11 bits per heavy atom. The summed E-state index contributed by atoms with van der Waals surface area (Å²) in [6.45, 7) is 1.24. The van der Waals surface area contributed by atoms with Crippen molar-refractivity contribution in [3.8, 4) is 0 Å². The van der Waals surface area contributed by atoms with E-state index in [1.165, 1.54) is 12.4 Å². The summed E-state index contributed by atoms with van der Waals surface area (Å²) in [4.78, 5) is 45.1. The molecule has 1 aliphatic carbocycles. The number of aromatic amines is 1. The van der Waals surface area contributed by atoms with Gasteiger partial charge in [-0.05, 0) is 49.9 Å². The molecule has 7 heteroatoms. The standard InChI is InChI=1S/C21H24N4O3/c26-19-11-18(22-13-23-19)16-5-2-10-25(12-16)21(28)15-6-8-17(9-7-15)24-20(27)14-3-1-4-14/h6-9,11,13-14,16H,1-5,10,12H2,(H,24,27)(H,22,23,26)/t16-/m0/s1. The number of likely N-dealkylation sites (tertiary alicyclic amines) is 1. The lowest BCUT2D eigenvalue weighted by Gasteiger charge is -2.32. The van der Waals surface area contributed by atoms with Crippen LogP contribution >= 0.6 is 0 Å². The Labute approximate surface area is 163 Å². The highest BCUT2D eigenvalue weighted by Crippen LogP contribution is 2.28. The first-order valence-corrected chi connectivity index (χ1v) is 9.85. The number of amides is 2. The molecule has 2 aliphatic rings. The van der Waals surface area contributed by atoms with Crippen LogP contribution in [0.3, 0.4) is 0 Å². The number of nitrogens with one attached hydrogen (secondary N) is 2. The fourth-order valence-electron chi connectivity index (χ4n) is 3.80. The number of carbonyl (C=O) groups is 2. The molecule has 2 heterocycles. The van der Waals surface area contributed by atoms with Gasteiger partial charge < -0.3 is 15.2 Å². The van der Waals surface area contributed by atoms with E-state index < -0.39 is 0 Å². The predicted molar refractivity (Wildman–Crippen MR) is 105 cm³/mol. The number of piperidine rings is 1. The maximum absolute atomic E-state index is 12.9. The molecule has 2 aromatic rings. The molecule has 0 radical (unpaired) electrons. The van der Waals surface area contributed by atoms with Crippen LogP contribution in [0.5, 0.6) is 0 Å². The molecule has 0 spiro atoms. The number of benzene rings is 1. The number of hydrogen-bond donors (Lipinski definition) is 2. The minimum atomic E-state index is -0.173. The van der Waals surface area contributed by atoms with Crippen LogP contribution in [0.2, 0.25) is 0 Å². The second-order valence-electron chi connectivity index (χ2n) is 7.62. The zero-order valence-corrected chi connectivity index (χ0v) is 15.7. The van der Waals surface area contributed by atoms with Crippen molar-refractivity contribution in [2.75, 3.05) is 18.4 Å². The van der Waals surface area contributed by atoms with E-state index in [2.05, 4.69) is 15.3 Å². The molecule has 1 saturated heterocycles. The lowest BCUT2D eigenvalue weighted by Crippen LogP contribution is -2.39. The number of anilines is 1. The second kappa shape index (κ2) is 7.96. The van der Waals surface area contributed by atoms with Crippen molar-refractivity contribution in [1.82, 2.24) is 14.9 Å². The van der Waals surface area contributed by atoms with Gasteiger partial charge in [0.15, 0.2) is 0 Å². The van der Waals surface area contributed by atoms with Crippen LogP contribution in [-0.2, 0) is 4.79 Å². The summed E-state index contributed by atoms with van der Waals surface area (Å²) >= 11 is 0. The molecule has 28 heavy (non-hydrogen) atoms. The van der Waals surface area contributed by atoms with Crippen LogP contribution in [0.25, 0.3) is 0 Å². The maximum Gasteiger partial charge on any atom is 0.253 e. The monoisotopic (exact) mass is 380 g/mol. The van der Waals surface area contributed by atoms with E-state index in [1.807, 2.05) is 4.90 Å². The van der Waals surface area contributed by atoms with Crippen molar-refractivity contribution in [2.45, 2.75) is 38.0 Å². The summed E-state index contributed by atoms with van der Waals surface area (Å²) in [6, 6.07) is 8.59. The van der Waals surface area contributed by atoms with E-state index in [0.717, 1.165) is 43.5 Å². The molecular weight excluding hydrogens is 356 g/mol. The van der Waals surface area contributed by atoms with Gasteiger partial charge in [-0.3, -0.25) is 14.4 Å². The topological polar surface area (TPSA) is 95.2 Å². The smallest absolute Gasteiger partial charge is 0.253 e. The summed E-state index contributed by atoms with van der Waals surface area (Å²) in [5.74, 6) is 0.229. The Hall–Kier alpha value is -2.96. The van der Waals surface area contributed by atoms with Crippen molar-refractivity contribution >= 4 is 17.5 Å². The van der Waals surface area contributed by atoms with Crippen LogP contribution in [0, 0.1) is 5.92 Å². The molecule has 2 N–H and O–H groups in total. The van der Waals surface area contributed by atoms with Gasteiger partial charge in [-0.1, -0.05) is 6.42 Å². The van der Waals surface area contributed by atoms with E-state index in [4.69, 9.17) is 0 Å². The summed E-state index contributed by atoms with van der Waals surface area (Å²) < 4.78 is 0. The zero-order chi connectivity index (χ0) is 19.5. The summed E-state index contributed by atoms with van der Waals surface area (Å²) in [5, 5.41) is 2.92. The second-order valence-corrected chi connectivity index (χ2v) is 7.62. The van der Waals surface area contributed by atoms with Gasteiger partial charge in [0, 0.05) is 42.2 Å². The van der Waals surface area contributed by atoms with Gasteiger partial charge in [0.05, 0.1) is 12.0 Å². The SMILES string of the molecule is O=C(Nc1ccc(C(=O)N2CCC[C@H](c3cc(=O)[nH]cn3)C2)cc1)C1CCC1. The lowest BCUT2D eigenvalue weighted by atomic mass is 9.85. The number of H-pyrrole nitrogens is 1. The fourth-order valence-corrected chi connectivity index (χ4v) is 3.80. The van der Waals surface area contributed by atoms with Crippen LogP contribution in [0.4, 0.5) is 5.69 Å².